The lowest BCUT2D eigenvalue weighted by atomic mass is 10.1. The van der Waals surface area contributed by atoms with Crippen LogP contribution in [0.3, 0.4) is 0 Å². The van der Waals surface area contributed by atoms with Crippen LogP contribution in [-0.4, -0.2) is 4.57 Å². The van der Waals surface area contributed by atoms with Gasteiger partial charge in [-0.25, -0.2) is 0 Å². The molecule has 2 aromatic carbocycles. The molecule has 0 unspecified atom stereocenters. The molecule has 0 amide bonds. The van der Waals surface area contributed by atoms with E-state index in [1.807, 2.05) is 6.07 Å². The van der Waals surface area contributed by atoms with Crippen LogP contribution in [0.2, 0.25) is 0 Å². The van der Waals surface area contributed by atoms with Crippen molar-refractivity contribution < 1.29 is 4.57 Å². The SMILES string of the molecule is Cc1ccc2c(c1)c1cc[n+](-c3ccccc3)cc1n2C. The van der Waals surface area contributed by atoms with Crippen LogP contribution in [0.15, 0.2) is 67.0 Å². The predicted octanol–water partition coefficient (Wildman–Crippen LogP) is 3.92. The minimum absolute atomic E-state index is 1.18. The molecule has 0 N–H and O–H groups in total. The molecule has 4 rings (SSSR count). The zero-order valence-electron chi connectivity index (χ0n) is 12.2. The smallest absolute Gasteiger partial charge is 0.210 e. The highest BCUT2D eigenvalue weighted by Gasteiger charge is 2.13. The second-order valence-corrected chi connectivity index (χ2v) is 5.57. The first-order valence-electron chi connectivity index (χ1n) is 7.19. The largest absolute Gasteiger partial charge is 0.339 e. The molecule has 2 heterocycles. The molecule has 0 aliphatic carbocycles. The summed E-state index contributed by atoms with van der Waals surface area (Å²) in [5.41, 5.74) is 5.01. The highest BCUT2D eigenvalue weighted by molar-refractivity contribution is 6.07. The van der Waals surface area contributed by atoms with Gasteiger partial charge in [-0.3, -0.25) is 0 Å². The van der Waals surface area contributed by atoms with Gasteiger partial charge in [-0.15, -0.1) is 0 Å². The number of benzene rings is 2. The lowest BCUT2D eigenvalue weighted by Gasteiger charge is -1.98. The summed E-state index contributed by atoms with van der Waals surface area (Å²) < 4.78 is 4.44. The van der Waals surface area contributed by atoms with E-state index in [1.165, 1.54) is 33.1 Å². The first-order chi connectivity index (χ1) is 10.2. The Morgan fingerprint density at radius 1 is 0.857 bits per heavy atom. The van der Waals surface area contributed by atoms with Crippen molar-refractivity contribution in [3.05, 3.63) is 72.6 Å². The van der Waals surface area contributed by atoms with E-state index >= 15 is 0 Å². The van der Waals surface area contributed by atoms with E-state index < -0.39 is 0 Å². The third-order valence-corrected chi connectivity index (χ3v) is 4.16. The van der Waals surface area contributed by atoms with E-state index in [0.717, 1.165) is 0 Å². The van der Waals surface area contributed by atoms with Crippen molar-refractivity contribution in [3.63, 3.8) is 0 Å². The standard InChI is InChI=1S/C19H17N2/c1-14-8-9-18-17(12-14)16-10-11-21(13-19(16)20(18)2)15-6-4-3-5-7-15/h3-13H,1-2H3/q+1. The fourth-order valence-electron chi connectivity index (χ4n) is 3.03. The molecule has 0 saturated carbocycles. The van der Waals surface area contributed by atoms with Crippen molar-refractivity contribution >= 4 is 21.8 Å². The Morgan fingerprint density at radius 3 is 2.48 bits per heavy atom. The molecule has 0 aliphatic heterocycles. The third kappa shape index (κ3) is 1.83. The van der Waals surface area contributed by atoms with Crippen molar-refractivity contribution in [1.82, 2.24) is 4.57 Å². The number of nitrogens with zero attached hydrogens (tertiary/aromatic N) is 2. The van der Waals surface area contributed by atoms with Gasteiger partial charge in [0.05, 0.1) is 0 Å². The Kier molecular flexibility index (Phi) is 2.58. The maximum atomic E-state index is 2.27. The maximum Gasteiger partial charge on any atom is 0.210 e. The summed E-state index contributed by atoms with van der Waals surface area (Å²) in [5, 5.41) is 2.64. The van der Waals surface area contributed by atoms with Crippen LogP contribution in [0, 0.1) is 6.92 Å². The molecule has 102 valence electrons. The van der Waals surface area contributed by atoms with E-state index in [-0.39, 0.29) is 0 Å². The first-order valence-corrected chi connectivity index (χ1v) is 7.19. The Morgan fingerprint density at radius 2 is 1.67 bits per heavy atom. The topological polar surface area (TPSA) is 8.81 Å². The molecule has 0 fully saturated rings. The Bertz CT molecular complexity index is 950. The molecule has 0 spiro atoms. The summed E-state index contributed by atoms with van der Waals surface area (Å²) in [5.74, 6) is 0. The Hall–Kier alpha value is -2.61. The molecule has 0 radical (unpaired) electrons. The predicted molar refractivity (Wildman–Crippen MR) is 86.7 cm³/mol. The maximum absolute atomic E-state index is 2.27. The molecule has 21 heavy (non-hydrogen) atoms. The van der Waals surface area contributed by atoms with Gasteiger partial charge in [-0.1, -0.05) is 29.8 Å². The normalized spacial score (nSPS) is 11.3. The zero-order valence-corrected chi connectivity index (χ0v) is 12.2. The number of aromatic nitrogens is 2. The molecular formula is C19H17N2+. The van der Waals surface area contributed by atoms with Crippen LogP contribution in [-0.2, 0) is 7.05 Å². The van der Waals surface area contributed by atoms with Gasteiger partial charge in [0.15, 0.2) is 12.4 Å². The summed E-state index contributed by atoms with van der Waals surface area (Å²) >= 11 is 0. The number of para-hydroxylation sites is 1. The van der Waals surface area contributed by atoms with Crippen LogP contribution in [0.5, 0.6) is 0 Å². The van der Waals surface area contributed by atoms with Gasteiger partial charge in [0.25, 0.3) is 0 Å². The molecule has 0 bridgehead atoms. The van der Waals surface area contributed by atoms with E-state index in [1.54, 1.807) is 0 Å². The van der Waals surface area contributed by atoms with E-state index in [9.17, 15) is 0 Å². The average molecular weight is 273 g/mol. The van der Waals surface area contributed by atoms with Crippen molar-refractivity contribution in [2.45, 2.75) is 6.92 Å². The number of hydrogen-bond acceptors (Lipinski definition) is 0. The third-order valence-electron chi connectivity index (χ3n) is 4.16. The molecule has 0 aliphatic rings. The van der Waals surface area contributed by atoms with Gasteiger partial charge in [0, 0.05) is 41.5 Å². The zero-order chi connectivity index (χ0) is 14.4. The van der Waals surface area contributed by atoms with Gasteiger partial charge in [-0.05, 0) is 19.1 Å². The fourth-order valence-corrected chi connectivity index (χ4v) is 3.03. The lowest BCUT2D eigenvalue weighted by molar-refractivity contribution is -0.594. The summed E-state index contributed by atoms with van der Waals surface area (Å²) in [6, 6.07) is 19.3. The molecular weight excluding hydrogens is 256 g/mol. The minimum atomic E-state index is 1.18. The average Bonchev–Trinajstić information content (AvgIpc) is 2.80. The monoisotopic (exact) mass is 273 g/mol. The first kappa shape index (κ1) is 12.2. The van der Waals surface area contributed by atoms with Gasteiger partial charge >= 0.3 is 0 Å². The number of aryl methyl sites for hydroxylation is 2. The van der Waals surface area contributed by atoms with Crippen LogP contribution in [0.1, 0.15) is 5.56 Å². The van der Waals surface area contributed by atoms with Gasteiger partial charge < -0.3 is 4.57 Å². The lowest BCUT2D eigenvalue weighted by Crippen LogP contribution is -2.29. The summed E-state index contributed by atoms with van der Waals surface area (Å²) in [6.07, 6.45) is 4.35. The van der Waals surface area contributed by atoms with E-state index in [4.69, 9.17) is 0 Å². The van der Waals surface area contributed by atoms with E-state index in [0.29, 0.717) is 0 Å². The van der Waals surface area contributed by atoms with Gasteiger partial charge in [-0.2, -0.15) is 4.57 Å². The summed E-state index contributed by atoms with van der Waals surface area (Å²) in [4.78, 5) is 0. The number of hydrogen-bond donors (Lipinski definition) is 0. The molecule has 0 atom stereocenters. The van der Waals surface area contributed by atoms with Gasteiger partial charge in [0.1, 0.15) is 5.52 Å². The quantitative estimate of drug-likeness (QED) is 0.465. The second-order valence-electron chi connectivity index (χ2n) is 5.57. The Balaban J connectivity index is 2.04. The number of fused-ring (bicyclic) bond motifs is 3. The second kappa shape index (κ2) is 4.45. The van der Waals surface area contributed by atoms with Crippen molar-refractivity contribution in [2.24, 2.45) is 7.05 Å². The molecule has 0 saturated heterocycles. The summed E-state index contributed by atoms with van der Waals surface area (Å²) in [7, 11) is 2.13. The van der Waals surface area contributed by atoms with Crippen LogP contribution < -0.4 is 4.57 Å². The van der Waals surface area contributed by atoms with Crippen molar-refractivity contribution in [2.75, 3.05) is 0 Å². The molecule has 2 heteroatoms. The van der Waals surface area contributed by atoms with E-state index in [2.05, 4.69) is 84.0 Å². The highest BCUT2D eigenvalue weighted by atomic mass is 15.0. The van der Waals surface area contributed by atoms with Crippen molar-refractivity contribution in [1.29, 1.82) is 0 Å². The van der Waals surface area contributed by atoms with Crippen LogP contribution in [0.4, 0.5) is 0 Å². The number of pyridine rings is 1. The van der Waals surface area contributed by atoms with Crippen molar-refractivity contribution in [3.8, 4) is 5.69 Å². The molecule has 2 nitrogen and oxygen atoms in total. The fraction of sp³-hybridized carbons (Fsp3) is 0.105. The highest BCUT2D eigenvalue weighted by Crippen LogP contribution is 2.27. The molecule has 2 aromatic heterocycles. The van der Waals surface area contributed by atoms with Crippen LogP contribution >= 0.6 is 0 Å². The number of rotatable bonds is 1. The Labute approximate surface area is 123 Å². The van der Waals surface area contributed by atoms with Gasteiger partial charge in [0.2, 0.25) is 5.69 Å². The van der Waals surface area contributed by atoms with Crippen LogP contribution in [0.25, 0.3) is 27.5 Å². The summed E-state index contributed by atoms with van der Waals surface area (Å²) in [6.45, 7) is 2.14. The minimum Gasteiger partial charge on any atom is -0.339 e. The molecule has 4 aromatic rings.